The van der Waals surface area contributed by atoms with Gasteiger partial charge in [0.15, 0.2) is 6.61 Å². The monoisotopic (exact) mass is 396 g/mol. The number of hydrogen-bond donors (Lipinski definition) is 1. The molecule has 1 aliphatic rings. The van der Waals surface area contributed by atoms with E-state index in [1.807, 2.05) is 30.3 Å². The van der Waals surface area contributed by atoms with Crippen LogP contribution in [0.3, 0.4) is 0 Å². The lowest BCUT2D eigenvalue weighted by Crippen LogP contribution is -2.38. The maximum absolute atomic E-state index is 11.6. The van der Waals surface area contributed by atoms with E-state index in [4.69, 9.17) is 17.0 Å². The quantitative estimate of drug-likeness (QED) is 0.311. The number of hydrogen-bond acceptors (Lipinski definition) is 7. The van der Waals surface area contributed by atoms with E-state index >= 15 is 0 Å². The van der Waals surface area contributed by atoms with Gasteiger partial charge in [-0.2, -0.15) is 0 Å². The number of carbonyl (C=O) groups is 3. The van der Waals surface area contributed by atoms with Gasteiger partial charge in [-0.15, -0.1) is 0 Å². The molecule has 2 rings (SSSR count). The van der Waals surface area contributed by atoms with Crippen molar-refractivity contribution in [3.05, 3.63) is 41.8 Å². The van der Waals surface area contributed by atoms with Crippen molar-refractivity contribution in [1.82, 2.24) is 10.2 Å². The first-order chi connectivity index (χ1) is 12.1. The molecule has 0 spiro atoms. The van der Waals surface area contributed by atoms with Gasteiger partial charge in [0, 0.05) is 24.1 Å². The second-order valence-electron chi connectivity index (χ2n) is 4.79. The summed E-state index contributed by atoms with van der Waals surface area (Å²) in [6.45, 7) is 0.201. The maximum Gasteiger partial charge on any atom is 0.331 e. The summed E-state index contributed by atoms with van der Waals surface area (Å²) in [4.78, 5) is 37.1. The summed E-state index contributed by atoms with van der Waals surface area (Å²) in [6.07, 6.45) is 1.27. The summed E-state index contributed by atoms with van der Waals surface area (Å²) >= 11 is 7.72. The van der Waals surface area contributed by atoms with Gasteiger partial charge in [-0.3, -0.25) is 14.5 Å². The molecule has 0 atom stereocenters. The summed E-state index contributed by atoms with van der Waals surface area (Å²) in [6, 6.07) is 9.55. The number of nitrogens with one attached hydrogen (secondary N) is 1. The van der Waals surface area contributed by atoms with Crippen LogP contribution < -0.4 is 5.32 Å². The van der Waals surface area contributed by atoms with Crippen LogP contribution in [0.15, 0.2) is 46.7 Å². The molecule has 0 aliphatic carbocycles. The van der Waals surface area contributed by atoms with Crippen molar-refractivity contribution in [2.75, 3.05) is 25.4 Å². The largest absolute Gasteiger partial charge is 0.452 e. The maximum atomic E-state index is 11.6. The van der Waals surface area contributed by atoms with E-state index in [1.165, 1.54) is 34.5 Å². The molecule has 0 aromatic heterocycles. The molecular formula is C16H16N2O4S3. The van der Waals surface area contributed by atoms with Gasteiger partial charge in [0.1, 0.15) is 4.32 Å². The molecule has 1 N–H and O–H groups in total. The van der Waals surface area contributed by atoms with E-state index in [1.54, 1.807) is 5.41 Å². The Morgan fingerprint density at radius 2 is 2.12 bits per heavy atom. The van der Waals surface area contributed by atoms with Crippen LogP contribution in [0.25, 0.3) is 0 Å². The van der Waals surface area contributed by atoms with Crippen molar-refractivity contribution in [3.8, 4) is 0 Å². The average Bonchev–Trinajstić information content (AvgIpc) is 2.93. The predicted molar refractivity (Wildman–Crippen MR) is 102 cm³/mol. The molecule has 0 bridgehead atoms. The van der Waals surface area contributed by atoms with E-state index in [9.17, 15) is 14.4 Å². The van der Waals surface area contributed by atoms with Crippen molar-refractivity contribution in [2.24, 2.45) is 0 Å². The molecule has 2 amide bonds. The summed E-state index contributed by atoms with van der Waals surface area (Å²) in [5.41, 5.74) is 0. The van der Waals surface area contributed by atoms with Crippen LogP contribution in [0.5, 0.6) is 0 Å². The van der Waals surface area contributed by atoms with Gasteiger partial charge in [0.25, 0.3) is 5.91 Å². The number of thioether (sulfide) groups is 2. The molecule has 132 valence electrons. The smallest absolute Gasteiger partial charge is 0.331 e. The zero-order valence-corrected chi connectivity index (χ0v) is 15.6. The lowest BCUT2D eigenvalue weighted by molar-refractivity contribution is -0.143. The molecule has 1 aliphatic heterocycles. The normalized spacial score (nSPS) is 14.2. The molecular weight excluding hydrogens is 380 g/mol. The molecule has 6 nitrogen and oxygen atoms in total. The third kappa shape index (κ3) is 6.89. The molecule has 1 fully saturated rings. The Bertz CT molecular complexity index is 663. The Hall–Kier alpha value is -1.84. The lowest BCUT2D eigenvalue weighted by Gasteiger charge is -2.14. The highest BCUT2D eigenvalue weighted by molar-refractivity contribution is 8.23. The minimum atomic E-state index is -0.592. The Kier molecular flexibility index (Phi) is 7.96. The highest BCUT2D eigenvalue weighted by Crippen LogP contribution is 2.18. The lowest BCUT2D eigenvalue weighted by atomic mass is 10.4. The number of carbonyl (C=O) groups excluding carboxylic acids is 3. The van der Waals surface area contributed by atoms with Crippen molar-refractivity contribution in [1.29, 1.82) is 0 Å². The SMILES string of the molecule is O=C(COC(=O)/C=C/Sc1ccccc1)NCCN1C(=O)CSC1=S. The van der Waals surface area contributed by atoms with Crippen LogP contribution in [0.2, 0.25) is 0 Å². The summed E-state index contributed by atoms with van der Waals surface area (Å²) in [7, 11) is 0. The van der Waals surface area contributed by atoms with Crippen LogP contribution in [0.1, 0.15) is 0 Å². The first-order valence-electron chi connectivity index (χ1n) is 7.35. The summed E-state index contributed by atoms with van der Waals surface area (Å²) < 4.78 is 5.37. The fraction of sp³-hybridized carbons (Fsp3) is 0.250. The van der Waals surface area contributed by atoms with Crippen LogP contribution >= 0.6 is 35.7 Å². The van der Waals surface area contributed by atoms with E-state index in [-0.39, 0.29) is 19.1 Å². The van der Waals surface area contributed by atoms with Crippen molar-refractivity contribution in [3.63, 3.8) is 0 Å². The molecule has 0 unspecified atom stereocenters. The number of rotatable bonds is 8. The Morgan fingerprint density at radius 3 is 2.80 bits per heavy atom. The van der Waals surface area contributed by atoms with Gasteiger partial charge < -0.3 is 10.1 Å². The average molecular weight is 397 g/mol. The van der Waals surface area contributed by atoms with Crippen molar-refractivity contribution < 1.29 is 19.1 Å². The van der Waals surface area contributed by atoms with E-state index in [0.29, 0.717) is 16.6 Å². The third-order valence-corrected chi connectivity index (χ3v) is 5.24. The van der Waals surface area contributed by atoms with E-state index in [0.717, 1.165) is 4.90 Å². The molecule has 9 heteroatoms. The summed E-state index contributed by atoms with van der Waals surface area (Å²) in [5.74, 6) is -0.733. The van der Waals surface area contributed by atoms with Gasteiger partial charge >= 0.3 is 5.97 Å². The Labute approximate surface area is 159 Å². The first-order valence-corrected chi connectivity index (χ1v) is 9.62. The molecule has 1 aromatic carbocycles. The molecule has 0 radical (unpaired) electrons. The highest BCUT2D eigenvalue weighted by Gasteiger charge is 2.25. The number of thiocarbonyl (C=S) groups is 1. The number of benzene rings is 1. The molecule has 1 heterocycles. The molecule has 25 heavy (non-hydrogen) atoms. The van der Waals surface area contributed by atoms with Gasteiger partial charge in [-0.25, -0.2) is 4.79 Å². The van der Waals surface area contributed by atoms with Gasteiger partial charge in [-0.05, 0) is 17.5 Å². The van der Waals surface area contributed by atoms with Gasteiger partial charge in [0.2, 0.25) is 5.91 Å². The Morgan fingerprint density at radius 1 is 1.36 bits per heavy atom. The summed E-state index contributed by atoms with van der Waals surface area (Å²) in [5, 5.41) is 4.18. The fourth-order valence-corrected chi connectivity index (χ4v) is 3.58. The van der Waals surface area contributed by atoms with Gasteiger partial charge in [-0.1, -0.05) is 53.9 Å². The minimum absolute atomic E-state index is 0.0586. The second-order valence-corrected chi connectivity index (χ2v) is 7.38. The fourth-order valence-electron chi connectivity index (χ4n) is 1.81. The number of esters is 1. The second kappa shape index (κ2) is 10.2. The standard InChI is InChI=1S/C16H16N2O4S3/c19-13(17-7-8-18-14(20)11-25-16(18)23)10-22-15(21)6-9-24-12-4-2-1-3-5-12/h1-6,9H,7-8,10-11H2,(H,17,19)/b9-6+. The van der Waals surface area contributed by atoms with E-state index < -0.39 is 11.9 Å². The number of ether oxygens (including phenoxy) is 1. The van der Waals surface area contributed by atoms with Crippen LogP contribution in [0.4, 0.5) is 0 Å². The highest BCUT2D eigenvalue weighted by atomic mass is 32.2. The van der Waals surface area contributed by atoms with Crippen LogP contribution in [-0.2, 0) is 19.1 Å². The van der Waals surface area contributed by atoms with Crippen LogP contribution in [-0.4, -0.2) is 52.5 Å². The zero-order chi connectivity index (χ0) is 18.1. The number of amides is 2. The van der Waals surface area contributed by atoms with Crippen molar-refractivity contribution >= 4 is 57.8 Å². The molecule has 1 saturated heterocycles. The van der Waals surface area contributed by atoms with Crippen LogP contribution in [0, 0.1) is 0 Å². The number of nitrogens with zero attached hydrogens (tertiary/aromatic N) is 1. The third-order valence-electron chi connectivity index (χ3n) is 3.00. The Balaban J connectivity index is 1.60. The first kappa shape index (κ1) is 19.5. The zero-order valence-electron chi connectivity index (χ0n) is 13.2. The van der Waals surface area contributed by atoms with E-state index in [2.05, 4.69) is 5.32 Å². The minimum Gasteiger partial charge on any atom is -0.452 e. The molecule has 1 aromatic rings. The predicted octanol–water partition coefficient (Wildman–Crippen LogP) is 1.81. The molecule has 0 saturated carbocycles. The topological polar surface area (TPSA) is 75.7 Å². The van der Waals surface area contributed by atoms with Crippen molar-refractivity contribution in [2.45, 2.75) is 4.90 Å². The van der Waals surface area contributed by atoms with Gasteiger partial charge in [0.05, 0.1) is 5.75 Å².